The highest BCUT2D eigenvalue weighted by Gasteiger charge is 2.12. The molecule has 1 N–H and O–H groups in total. The number of carbonyl (C=O) groups is 2. The Labute approximate surface area is 217 Å². The van der Waals surface area contributed by atoms with Crippen molar-refractivity contribution in [3.63, 3.8) is 0 Å². The zero-order valence-corrected chi connectivity index (χ0v) is 22.0. The van der Waals surface area contributed by atoms with Crippen LogP contribution >= 0.6 is 23.2 Å². The number of anilines is 1. The third-order valence-electron chi connectivity index (χ3n) is 5.03. The third kappa shape index (κ3) is 9.82. The van der Waals surface area contributed by atoms with Crippen molar-refractivity contribution in [2.75, 3.05) is 25.1 Å². The number of nitrogens with one attached hydrogen (secondary N) is 1. The number of hydrogen-bond donors (Lipinski definition) is 1. The molecule has 1 amide bonds. The number of ether oxygens (including phenoxy) is 3. The molecule has 0 aliphatic heterocycles. The minimum atomic E-state index is -0.322. The lowest BCUT2D eigenvalue weighted by atomic mass is 10.1. The Kier molecular flexibility index (Phi) is 12.5. The van der Waals surface area contributed by atoms with Gasteiger partial charge in [0.05, 0.1) is 35.6 Å². The van der Waals surface area contributed by atoms with Crippen LogP contribution < -0.4 is 14.8 Å². The van der Waals surface area contributed by atoms with Crippen molar-refractivity contribution in [3.05, 3.63) is 58.1 Å². The van der Waals surface area contributed by atoms with E-state index < -0.39 is 0 Å². The van der Waals surface area contributed by atoms with E-state index in [1.54, 1.807) is 44.2 Å². The highest BCUT2D eigenvalue weighted by molar-refractivity contribution is 6.37. The van der Waals surface area contributed by atoms with Crippen LogP contribution in [0.3, 0.4) is 0 Å². The summed E-state index contributed by atoms with van der Waals surface area (Å²) in [6, 6.07) is 10.6. The Morgan fingerprint density at radius 1 is 0.971 bits per heavy atom. The number of para-hydroxylation sites is 2. The Balaban J connectivity index is 2.00. The predicted octanol–water partition coefficient (Wildman–Crippen LogP) is 7.33. The summed E-state index contributed by atoms with van der Waals surface area (Å²) in [7, 11) is 0. The second-order valence-electron chi connectivity index (χ2n) is 7.89. The van der Waals surface area contributed by atoms with Gasteiger partial charge >= 0.3 is 5.97 Å². The molecule has 0 aromatic heterocycles. The number of halogens is 2. The van der Waals surface area contributed by atoms with E-state index >= 15 is 0 Å². The second kappa shape index (κ2) is 15.3. The molecule has 2 aromatic rings. The standard InChI is InChI=1S/C27H33Cl2NO5/c1-4-6-9-14-35-27-21(28)17-20(18-22(27)29)19(3)16-25(31)30-23-11-7-8-12-24(23)34-15-10-13-26(32)33-5-2/h7-8,11-12,16-18H,4-6,9-10,13-15H2,1-3H3,(H,30,31). The first-order valence-corrected chi connectivity index (χ1v) is 12.6. The minimum absolute atomic E-state index is 0.255. The fraction of sp³-hybridized carbons (Fsp3) is 0.407. The Morgan fingerprint density at radius 2 is 1.66 bits per heavy atom. The molecule has 0 bridgehead atoms. The maximum absolute atomic E-state index is 12.7. The van der Waals surface area contributed by atoms with E-state index in [1.165, 1.54) is 6.08 Å². The molecule has 0 spiro atoms. The molecule has 0 fully saturated rings. The minimum Gasteiger partial charge on any atom is -0.491 e. The van der Waals surface area contributed by atoms with E-state index in [0.29, 0.717) is 59.0 Å². The van der Waals surface area contributed by atoms with E-state index in [4.69, 9.17) is 37.4 Å². The Bertz CT molecular complexity index is 999. The molecular formula is C27H33Cl2NO5. The van der Waals surface area contributed by atoms with Crippen LogP contribution in [-0.4, -0.2) is 31.7 Å². The predicted molar refractivity (Wildman–Crippen MR) is 142 cm³/mol. The topological polar surface area (TPSA) is 73.9 Å². The first-order chi connectivity index (χ1) is 16.8. The summed E-state index contributed by atoms with van der Waals surface area (Å²) in [6.07, 6.45) is 5.37. The lowest BCUT2D eigenvalue weighted by Crippen LogP contribution is -2.11. The zero-order valence-electron chi connectivity index (χ0n) is 20.5. The zero-order chi connectivity index (χ0) is 25.6. The van der Waals surface area contributed by atoms with Gasteiger partial charge in [0, 0.05) is 12.5 Å². The molecular weight excluding hydrogens is 489 g/mol. The lowest BCUT2D eigenvalue weighted by Gasteiger charge is -2.13. The number of amides is 1. The van der Waals surface area contributed by atoms with Crippen LogP contribution in [-0.2, 0) is 14.3 Å². The molecule has 2 rings (SSSR count). The number of esters is 1. The van der Waals surface area contributed by atoms with E-state index in [2.05, 4.69) is 12.2 Å². The van der Waals surface area contributed by atoms with Gasteiger partial charge in [-0.1, -0.05) is 55.1 Å². The van der Waals surface area contributed by atoms with Gasteiger partial charge in [-0.05, 0) is 62.1 Å². The van der Waals surface area contributed by atoms with Gasteiger partial charge < -0.3 is 19.5 Å². The van der Waals surface area contributed by atoms with E-state index in [0.717, 1.165) is 24.8 Å². The normalized spacial score (nSPS) is 11.2. The molecule has 0 unspecified atom stereocenters. The van der Waals surface area contributed by atoms with Crippen LogP contribution in [0.25, 0.3) is 5.57 Å². The van der Waals surface area contributed by atoms with Crippen molar-refractivity contribution in [2.45, 2.75) is 52.9 Å². The van der Waals surface area contributed by atoms with Gasteiger partial charge in [-0.3, -0.25) is 9.59 Å². The summed E-state index contributed by atoms with van der Waals surface area (Å²) >= 11 is 12.8. The SMILES string of the molecule is CCCCCOc1c(Cl)cc(C(C)=CC(=O)Nc2ccccc2OCCCC(=O)OCC)cc1Cl. The molecule has 6 nitrogen and oxygen atoms in total. The Morgan fingerprint density at radius 3 is 2.34 bits per heavy atom. The van der Waals surface area contributed by atoms with Crippen LogP contribution in [0.4, 0.5) is 5.69 Å². The van der Waals surface area contributed by atoms with Gasteiger partial charge in [0.1, 0.15) is 5.75 Å². The molecule has 0 aliphatic carbocycles. The maximum atomic E-state index is 12.7. The van der Waals surface area contributed by atoms with Gasteiger partial charge in [0.2, 0.25) is 5.91 Å². The van der Waals surface area contributed by atoms with Gasteiger partial charge in [-0.25, -0.2) is 0 Å². The van der Waals surface area contributed by atoms with E-state index in [9.17, 15) is 9.59 Å². The number of unbranched alkanes of at least 4 members (excludes halogenated alkanes) is 2. The number of benzene rings is 2. The number of hydrogen-bond acceptors (Lipinski definition) is 5. The largest absolute Gasteiger partial charge is 0.491 e. The van der Waals surface area contributed by atoms with Crippen molar-refractivity contribution < 1.29 is 23.8 Å². The second-order valence-corrected chi connectivity index (χ2v) is 8.71. The van der Waals surface area contributed by atoms with Gasteiger partial charge in [-0.2, -0.15) is 0 Å². The average molecular weight is 522 g/mol. The third-order valence-corrected chi connectivity index (χ3v) is 5.59. The van der Waals surface area contributed by atoms with Crippen molar-refractivity contribution in [1.82, 2.24) is 0 Å². The first kappa shape index (κ1) is 28.5. The molecule has 0 radical (unpaired) electrons. The quantitative estimate of drug-likeness (QED) is 0.160. The van der Waals surface area contributed by atoms with Crippen LogP contribution in [0.2, 0.25) is 10.0 Å². The highest BCUT2D eigenvalue weighted by Crippen LogP contribution is 2.36. The van der Waals surface area contributed by atoms with Crippen molar-refractivity contribution in [3.8, 4) is 11.5 Å². The average Bonchev–Trinajstić information content (AvgIpc) is 2.81. The fourth-order valence-electron chi connectivity index (χ4n) is 3.23. The monoisotopic (exact) mass is 521 g/mol. The van der Waals surface area contributed by atoms with Crippen LogP contribution in [0.1, 0.15) is 58.4 Å². The lowest BCUT2D eigenvalue weighted by molar-refractivity contribution is -0.143. The summed E-state index contributed by atoms with van der Waals surface area (Å²) in [5.74, 6) is 0.401. The van der Waals surface area contributed by atoms with E-state index in [-0.39, 0.29) is 18.3 Å². The summed E-state index contributed by atoms with van der Waals surface area (Å²) in [5.41, 5.74) is 1.95. The molecule has 0 saturated carbocycles. The van der Waals surface area contributed by atoms with Gasteiger partial charge in [0.15, 0.2) is 5.75 Å². The molecule has 190 valence electrons. The maximum Gasteiger partial charge on any atom is 0.305 e. The first-order valence-electron chi connectivity index (χ1n) is 11.8. The van der Waals surface area contributed by atoms with Crippen molar-refractivity contribution in [2.24, 2.45) is 0 Å². The van der Waals surface area contributed by atoms with Gasteiger partial charge in [-0.15, -0.1) is 0 Å². The number of carbonyl (C=O) groups excluding carboxylic acids is 2. The Hall–Kier alpha value is -2.70. The molecule has 35 heavy (non-hydrogen) atoms. The number of allylic oxidation sites excluding steroid dienone is 1. The van der Waals surface area contributed by atoms with Crippen LogP contribution in [0.5, 0.6) is 11.5 Å². The molecule has 0 atom stereocenters. The summed E-state index contributed by atoms with van der Waals surface area (Å²) < 4.78 is 16.4. The molecule has 2 aromatic carbocycles. The summed E-state index contributed by atoms with van der Waals surface area (Å²) in [6.45, 7) is 6.93. The van der Waals surface area contributed by atoms with Gasteiger partial charge in [0.25, 0.3) is 0 Å². The van der Waals surface area contributed by atoms with E-state index in [1.807, 2.05) is 6.07 Å². The van der Waals surface area contributed by atoms with Crippen molar-refractivity contribution in [1.29, 1.82) is 0 Å². The fourth-order valence-corrected chi connectivity index (χ4v) is 3.82. The molecule has 0 saturated heterocycles. The van der Waals surface area contributed by atoms with Crippen LogP contribution in [0.15, 0.2) is 42.5 Å². The smallest absolute Gasteiger partial charge is 0.305 e. The summed E-state index contributed by atoms with van der Waals surface area (Å²) in [4.78, 5) is 24.1. The molecule has 0 heterocycles. The highest BCUT2D eigenvalue weighted by atomic mass is 35.5. The molecule has 0 aliphatic rings. The number of rotatable bonds is 14. The van der Waals surface area contributed by atoms with Crippen molar-refractivity contribution >= 4 is 46.3 Å². The molecule has 8 heteroatoms. The summed E-state index contributed by atoms with van der Waals surface area (Å²) in [5, 5.41) is 3.64. The van der Waals surface area contributed by atoms with Crippen LogP contribution in [0, 0.1) is 0 Å².